The van der Waals surface area contributed by atoms with E-state index in [0.717, 1.165) is 9.88 Å². The summed E-state index contributed by atoms with van der Waals surface area (Å²) in [6.45, 7) is 4.06. The molecule has 0 fully saturated rings. The standard InChI is InChI=1S/C14H18N2O3S2/c1-10-8-12(19-3)4-5-13(10)21(17,18)16-7-6-14-15-9-11(2)20-14/h4-5,8-9,16H,6-7H2,1-3H3. The van der Waals surface area contributed by atoms with Crippen molar-refractivity contribution in [2.45, 2.75) is 25.2 Å². The quantitative estimate of drug-likeness (QED) is 0.884. The van der Waals surface area contributed by atoms with E-state index in [1.165, 1.54) is 0 Å². The number of hydrogen-bond acceptors (Lipinski definition) is 5. The van der Waals surface area contributed by atoms with Crippen LogP contribution in [0.4, 0.5) is 0 Å². The van der Waals surface area contributed by atoms with Gasteiger partial charge in [-0.15, -0.1) is 11.3 Å². The first-order chi connectivity index (χ1) is 9.92. The summed E-state index contributed by atoms with van der Waals surface area (Å²) in [6.07, 6.45) is 2.38. The Bertz CT molecular complexity index is 724. The number of benzene rings is 1. The van der Waals surface area contributed by atoms with Crippen LogP contribution in [0.1, 0.15) is 15.4 Å². The molecule has 1 aromatic heterocycles. The van der Waals surface area contributed by atoms with Crippen LogP contribution in [0.2, 0.25) is 0 Å². The van der Waals surface area contributed by atoms with Gasteiger partial charge < -0.3 is 4.74 Å². The van der Waals surface area contributed by atoms with Crippen LogP contribution in [0.5, 0.6) is 5.75 Å². The van der Waals surface area contributed by atoms with Crippen molar-refractivity contribution >= 4 is 21.4 Å². The molecule has 1 N–H and O–H groups in total. The van der Waals surface area contributed by atoms with E-state index in [0.29, 0.717) is 24.3 Å². The summed E-state index contributed by atoms with van der Waals surface area (Å²) in [5, 5.41) is 0.932. The van der Waals surface area contributed by atoms with E-state index < -0.39 is 10.0 Å². The Balaban J connectivity index is 2.04. The lowest BCUT2D eigenvalue weighted by Crippen LogP contribution is -2.26. The topological polar surface area (TPSA) is 68.3 Å². The van der Waals surface area contributed by atoms with E-state index in [9.17, 15) is 8.42 Å². The fourth-order valence-electron chi connectivity index (χ4n) is 1.94. The second kappa shape index (κ2) is 6.55. The number of thiazole rings is 1. The van der Waals surface area contributed by atoms with Crippen molar-refractivity contribution in [2.75, 3.05) is 13.7 Å². The first-order valence-corrected chi connectivity index (χ1v) is 8.78. The molecule has 0 radical (unpaired) electrons. The Morgan fingerprint density at radius 3 is 2.67 bits per heavy atom. The molecule has 0 aliphatic carbocycles. The average molecular weight is 326 g/mol. The summed E-state index contributed by atoms with van der Waals surface area (Å²) in [5.74, 6) is 0.643. The smallest absolute Gasteiger partial charge is 0.240 e. The van der Waals surface area contributed by atoms with Gasteiger partial charge in [-0.25, -0.2) is 18.1 Å². The molecule has 0 unspecified atom stereocenters. The Labute approximate surface area is 129 Å². The van der Waals surface area contributed by atoms with Gasteiger partial charge in [0.15, 0.2) is 0 Å². The van der Waals surface area contributed by atoms with E-state index in [-0.39, 0.29) is 4.90 Å². The molecule has 2 rings (SSSR count). The van der Waals surface area contributed by atoms with Gasteiger partial charge in [-0.1, -0.05) is 0 Å². The number of aromatic nitrogens is 1. The summed E-state index contributed by atoms with van der Waals surface area (Å²) in [4.78, 5) is 5.62. The number of nitrogens with one attached hydrogen (secondary N) is 1. The molecule has 0 amide bonds. The van der Waals surface area contributed by atoms with Crippen molar-refractivity contribution in [3.05, 3.63) is 39.8 Å². The lowest BCUT2D eigenvalue weighted by Gasteiger charge is -2.10. The third-order valence-electron chi connectivity index (χ3n) is 2.97. The summed E-state index contributed by atoms with van der Waals surface area (Å²) in [5.41, 5.74) is 0.659. The molecule has 0 spiro atoms. The predicted octanol–water partition coefficient (Wildman–Crippen LogP) is 2.29. The average Bonchev–Trinajstić information content (AvgIpc) is 2.83. The van der Waals surface area contributed by atoms with E-state index in [1.54, 1.807) is 49.8 Å². The van der Waals surface area contributed by atoms with Crippen molar-refractivity contribution in [3.8, 4) is 5.75 Å². The highest BCUT2D eigenvalue weighted by Gasteiger charge is 2.16. The van der Waals surface area contributed by atoms with Gasteiger partial charge in [0.1, 0.15) is 5.75 Å². The molecule has 0 saturated heterocycles. The number of nitrogens with zero attached hydrogens (tertiary/aromatic N) is 1. The molecule has 0 aliphatic rings. The van der Waals surface area contributed by atoms with Crippen molar-refractivity contribution in [2.24, 2.45) is 0 Å². The molecule has 1 heterocycles. The minimum absolute atomic E-state index is 0.276. The van der Waals surface area contributed by atoms with Gasteiger partial charge in [-0.3, -0.25) is 0 Å². The predicted molar refractivity (Wildman–Crippen MR) is 83.5 cm³/mol. The van der Waals surface area contributed by atoms with Crippen LogP contribution in [0.15, 0.2) is 29.3 Å². The van der Waals surface area contributed by atoms with Crippen LogP contribution in [0.25, 0.3) is 0 Å². The molecule has 0 saturated carbocycles. The van der Waals surface area contributed by atoms with Crippen LogP contribution < -0.4 is 9.46 Å². The summed E-state index contributed by atoms with van der Waals surface area (Å²) in [7, 11) is -1.96. The highest BCUT2D eigenvalue weighted by molar-refractivity contribution is 7.89. The maximum atomic E-state index is 12.3. The molecule has 0 bridgehead atoms. The summed E-state index contributed by atoms with van der Waals surface area (Å²) in [6, 6.07) is 4.91. The number of hydrogen-bond donors (Lipinski definition) is 1. The zero-order valence-electron chi connectivity index (χ0n) is 12.2. The Morgan fingerprint density at radius 1 is 1.33 bits per heavy atom. The SMILES string of the molecule is COc1ccc(S(=O)(=O)NCCc2ncc(C)s2)c(C)c1. The van der Waals surface area contributed by atoms with Crippen LogP contribution in [0.3, 0.4) is 0 Å². The van der Waals surface area contributed by atoms with Crippen molar-refractivity contribution in [3.63, 3.8) is 0 Å². The zero-order valence-corrected chi connectivity index (χ0v) is 13.8. The minimum atomic E-state index is -3.51. The van der Waals surface area contributed by atoms with Crippen LogP contribution in [0, 0.1) is 13.8 Å². The number of aryl methyl sites for hydroxylation is 2. The maximum absolute atomic E-state index is 12.3. The molecule has 5 nitrogen and oxygen atoms in total. The Hall–Kier alpha value is -1.44. The number of sulfonamides is 1. The monoisotopic (exact) mass is 326 g/mol. The van der Waals surface area contributed by atoms with E-state index in [1.807, 2.05) is 6.92 Å². The lowest BCUT2D eigenvalue weighted by molar-refractivity contribution is 0.414. The minimum Gasteiger partial charge on any atom is -0.497 e. The van der Waals surface area contributed by atoms with Crippen LogP contribution in [-0.4, -0.2) is 27.1 Å². The van der Waals surface area contributed by atoms with Gasteiger partial charge in [-0.05, 0) is 37.6 Å². The largest absolute Gasteiger partial charge is 0.497 e. The van der Waals surface area contributed by atoms with E-state index in [2.05, 4.69) is 9.71 Å². The molecule has 21 heavy (non-hydrogen) atoms. The molecule has 1 aromatic carbocycles. The van der Waals surface area contributed by atoms with Crippen LogP contribution >= 0.6 is 11.3 Å². The Morgan fingerprint density at radius 2 is 2.10 bits per heavy atom. The zero-order chi connectivity index (χ0) is 15.5. The second-order valence-corrected chi connectivity index (χ2v) is 7.70. The van der Waals surface area contributed by atoms with Crippen molar-refractivity contribution in [1.29, 1.82) is 0 Å². The molecule has 2 aromatic rings. The van der Waals surface area contributed by atoms with Gasteiger partial charge in [0.2, 0.25) is 10.0 Å². The third-order valence-corrected chi connectivity index (χ3v) is 5.57. The fraction of sp³-hybridized carbons (Fsp3) is 0.357. The first kappa shape index (κ1) is 15.9. The maximum Gasteiger partial charge on any atom is 0.240 e. The van der Waals surface area contributed by atoms with Crippen LogP contribution in [-0.2, 0) is 16.4 Å². The van der Waals surface area contributed by atoms with Gasteiger partial charge >= 0.3 is 0 Å². The Kier molecular flexibility index (Phi) is 4.97. The fourth-order valence-corrected chi connectivity index (χ4v) is 3.98. The summed E-state index contributed by atoms with van der Waals surface area (Å²) >= 11 is 1.58. The first-order valence-electron chi connectivity index (χ1n) is 6.48. The van der Waals surface area contributed by atoms with E-state index >= 15 is 0 Å². The summed E-state index contributed by atoms with van der Waals surface area (Å²) < 4.78 is 32.2. The number of ether oxygens (including phenoxy) is 1. The van der Waals surface area contributed by atoms with E-state index in [4.69, 9.17) is 4.74 Å². The second-order valence-electron chi connectivity index (χ2n) is 4.64. The van der Waals surface area contributed by atoms with Gasteiger partial charge in [0.25, 0.3) is 0 Å². The van der Waals surface area contributed by atoms with Crippen molar-refractivity contribution in [1.82, 2.24) is 9.71 Å². The highest BCUT2D eigenvalue weighted by Crippen LogP contribution is 2.20. The molecule has 0 atom stereocenters. The van der Waals surface area contributed by atoms with Crippen molar-refractivity contribution < 1.29 is 13.2 Å². The van der Waals surface area contributed by atoms with Gasteiger partial charge in [0.05, 0.1) is 17.0 Å². The normalized spacial score (nSPS) is 11.6. The number of methoxy groups -OCH3 is 1. The molecule has 114 valence electrons. The molecule has 0 aliphatic heterocycles. The highest BCUT2D eigenvalue weighted by atomic mass is 32.2. The van der Waals surface area contributed by atoms with Gasteiger partial charge in [-0.2, -0.15) is 0 Å². The lowest BCUT2D eigenvalue weighted by atomic mass is 10.2. The molecule has 7 heteroatoms. The molecular formula is C14H18N2O3S2. The third kappa shape index (κ3) is 4.03. The number of rotatable bonds is 6. The molecular weight excluding hydrogens is 308 g/mol. The van der Waals surface area contributed by atoms with Gasteiger partial charge in [0, 0.05) is 24.0 Å².